The first-order valence-electron chi connectivity index (χ1n) is 6.19. The zero-order valence-corrected chi connectivity index (χ0v) is 10.7. The van der Waals surface area contributed by atoms with Crippen molar-refractivity contribution < 1.29 is 0 Å². The highest BCUT2D eigenvalue weighted by Crippen LogP contribution is 2.24. The molecule has 0 saturated heterocycles. The first kappa shape index (κ1) is 12.2. The van der Waals surface area contributed by atoms with Gasteiger partial charge in [-0.15, -0.1) is 0 Å². The predicted molar refractivity (Wildman–Crippen MR) is 78.4 cm³/mol. The fraction of sp³-hybridized carbons (Fsp3) is 0.0714. The monoisotopic (exact) mass is 266 g/mol. The fourth-order valence-corrected chi connectivity index (χ4v) is 2.14. The SMILES string of the molecule is N=C(N)N(Cc1ccccc1)c1ccnc2[nH]ncc12. The molecule has 3 rings (SSSR count). The lowest BCUT2D eigenvalue weighted by Crippen LogP contribution is -2.36. The second-order valence-electron chi connectivity index (χ2n) is 4.42. The minimum atomic E-state index is -0.0115. The molecule has 100 valence electrons. The Morgan fingerprint density at radius 3 is 2.80 bits per heavy atom. The third-order valence-electron chi connectivity index (χ3n) is 3.10. The maximum Gasteiger partial charge on any atom is 0.193 e. The number of aromatic nitrogens is 3. The second-order valence-corrected chi connectivity index (χ2v) is 4.42. The Morgan fingerprint density at radius 1 is 1.25 bits per heavy atom. The summed E-state index contributed by atoms with van der Waals surface area (Å²) in [5.41, 5.74) is 8.32. The number of nitrogens with one attached hydrogen (secondary N) is 2. The Kier molecular flexibility index (Phi) is 3.04. The number of fused-ring (bicyclic) bond motifs is 1. The number of anilines is 1. The van der Waals surface area contributed by atoms with Crippen LogP contribution in [0.4, 0.5) is 5.69 Å². The van der Waals surface area contributed by atoms with E-state index in [1.807, 2.05) is 36.4 Å². The lowest BCUT2D eigenvalue weighted by molar-refractivity contribution is 0.988. The minimum Gasteiger partial charge on any atom is -0.370 e. The van der Waals surface area contributed by atoms with E-state index in [4.69, 9.17) is 11.1 Å². The van der Waals surface area contributed by atoms with Gasteiger partial charge in [0.2, 0.25) is 0 Å². The Bertz CT molecular complexity index is 734. The van der Waals surface area contributed by atoms with Crippen molar-refractivity contribution in [1.82, 2.24) is 15.2 Å². The molecule has 0 radical (unpaired) electrons. The highest BCUT2D eigenvalue weighted by molar-refractivity contribution is 6.01. The predicted octanol–water partition coefficient (Wildman–Crippen LogP) is 1.86. The van der Waals surface area contributed by atoms with Gasteiger partial charge in [0.05, 0.1) is 23.8 Å². The molecule has 0 aliphatic rings. The van der Waals surface area contributed by atoms with Crippen LogP contribution in [0.3, 0.4) is 0 Å². The molecule has 0 aliphatic heterocycles. The van der Waals surface area contributed by atoms with Crippen LogP contribution in [0.5, 0.6) is 0 Å². The molecular formula is C14H14N6. The standard InChI is InChI=1S/C14H14N6/c15-14(16)20(9-10-4-2-1-3-5-10)12-6-7-17-13-11(12)8-18-19-13/h1-8H,9H2,(H3,15,16)(H,17,18,19). The summed E-state index contributed by atoms with van der Waals surface area (Å²) in [5.74, 6) is -0.0115. The van der Waals surface area contributed by atoms with Crippen LogP contribution in [0.15, 0.2) is 48.8 Å². The largest absolute Gasteiger partial charge is 0.370 e. The number of hydrogen-bond donors (Lipinski definition) is 3. The number of rotatable bonds is 3. The average molecular weight is 266 g/mol. The molecule has 20 heavy (non-hydrogen) atoms. The van der Waals surface area contributed by atoms with Crippen molar-refractivity contribution in [3.05, 3.63) is 54.4 Å². The summed E-state index contributed by atoms with van der Waals surface area (Å²) in [5, 5.41) is 15.5. The molecule has 0 fully saturated rings. The topological polar surface area (TPSA) is 94.7 Å². The Hall–Kier alpha value is -2.89. The van der Waals surface area contributed by atoms with Gasteiger partial charge in [0.1, 0.15) is 0 Å². The quantitative estimate of drug-likeness (QED) is 0.498. The zero-order chi connectivity index (χ0) is 13.9. The Balaban J connectivity index is 2.03. The van der Waals surface area contributed by atoms with Crippen LogP contribution in [-0.2, 0) is 6.54 Å². The van der Waals surface area contributed by atoms with Gasteiger partial charge >= 0.3 is 0 Å². The van der Waals surface area contributed by atoms with E-state index in [2.05, 4.69) is 15.2 Å². The van der Waals surface area contributed by atoms with E-state index in [9.17, 15) is 0 Å². The van der Waals surface area contributed by atoms with Crippen LogP contribution in [0.25, 0.3) is 11.0 Å². The van der Waals surface area contributed by atoms with Crippen LogP contribution in [0, 0.1) is 5.41 Å². The van der Waals surface area contributed by atoms with Gasteiger partial charge in [-0.25, -0.2) is 4.98 Å². The summed E-state index contributed by atoms with van der Waals surface area (Å²) >= 11 is 0. The van der Waals surface area contributed by atoms with E-state index < -0.39 is 0 Å². The van der Waals surface area contributed by atoms with Crippen molar-refractivity contribution in [1.29, 1.82) is 5.41 Å². The van der Waals surface area contributed by atoms with Crippen LogP contribution < -0.4 is 10.6 Å². The lowest BCUT2D eigenvalue weighted by atomic mass is 10.2. The van der Waals surface area contributed by atoms with Gasteiger partial charge in [0.15, 0.2) is 11.6 Å². The summed E-state index contributed by atoms with van der Waals surface area (Å²) < 4.78 is 0. The van der Waals surface area contributed by atoms with Gasteiger partial charge in [-0.05, 0) is 11.6 Å². The fourth-order valence-electron chi connectivity index (χ4n) is 2.14. The molecule has 6 nitrogen and oxygen atoms in total. The van der Waals surface area contributed by atoms with E-state index in [1.165, 1.54) is 0 Å². The number of aromatic amines is 1. The molecule has 3 aromatic rings. The Labute approximate surface area is 115 Å². The third kappa shape index (κ3) is 2.18. The van der Waals surface area contributed by atoms with Crippen molar-refractivity contribution in [2.24, 2.45) is 5.73 Å². The van der Waals surface area contributed by atoms with Crippen molar-refractivity contribution >= 4 is 22.7 Å². The number of hydrogen-bond acceptors (Lipinski definition) is 3. The molecule has 2 heterocycles. The van der Waals surface area contributed by atoms with Crippen molar-refractivity contribution in [3.63, 3.8) is 0 Å². The number of nitrogens with two attached hydrogens (primary N) is 1. The van der Waals surface area contributed by atoms with Crippen molar-refractivity contribution in [2.75, 3.05) is 4.90 Å². The smallest absolute Gasteiger partial charge is 0.193 e. The number of benzene rings is 1. The zero-order valence-electron chi connectivity index (χ0n) is 10.7. The summed E-state index contributed by atoms with van der Waals surface area (Å²) in [7, 11) is 0. The maximum atomic E-state index is 7.82. The molecule has 0 atom stereocenters. The van der Waals surface area contributed by atoms with Crippen LogP contribution in [0.2, 0.25) is 0 Å². The van der Waals surface area contributed by atoms with E-state index in [0.29, 0.717) is 12.2 Å². The van der Waals surface area contributed by atoms with Crippen molar-refractivity contribution in [3.8, 4) is 0 Å². The van der Waals surface area contributed by atoms with Crippen LogP contribution in [-0.4, -0.2) is 21.1 Å². The normalized spacial score (nSPS) is 10.6. The molecule has 0 amide bonds. The van der Waals surface area contributed by atoms with E-state index in [0.717, 1.165) is 16.6 Å². The van der Waals surface area contributed by atoms with Gasteiger partial charge in [0.25, 0.3) is 0 Å². The van der Waals surface area contributed by atoms with E-state index >= 15 is 0 Å². The van der Waals surface area contributed by atoms with Crippen molar-refractivity contribution in [2.45, 2.75) is 6.54 Å². The molecular weight excluding hydrogens is 252 g/mol. The molecule has 4 N–H and O–H groups in total. The highest BCUT2D eigenvalue weighted by Gasteiger charge is 2.14. The van der Waals surface area contributed by atoms with Gasteiger partial charge in [-0.1, -0.05) is 30.3 Å². The van der Waals surface area contributed by atoms with Gasteiger partial charge in [-0.3, -0.25) is 10.5 Å². The van der Waals surface area contributed by atoms with Crippen LogP contribution in [0.1, 0.15) is 5.56 Å². The van der Waals surface area contributed by atoms with Gasteiger partial charge < -0.3 is 10.6 Å². The maximum absolute atomic E-state index is 7.82. The van der Waals surface area contributed by atoms with Gasteiger partial charge in [0, 0.05) is 6.20 Å². The van der Waals surface area contributed by atoms with E-state index in [-0.39, 0.29) is 5.96 Å². The molecule has 0 spiro atoms. The molecule has 0 bridgehead atoms. The molecule has 0 saturated carbocycles. The number of pyridine rings is 1. The third-order valence-corrected chi connectivity index (χ3v) is 3.10. The van der Waals surface area contributed by atoms with E-state index in [1.54, 1.807) is 17.3 Å². The average Bonchev–Trinajstić information content (AvgIpc) is 2.94. The number of H-pyrrole nitrogens is 1. The second kappa shape index (κ2) is 5.00. The number of guanidine groups is 1. The summed E-state index contributed by atoms with van der Waals surface area (Å²) in [6.07, 6.45) is 3.37. The molecule has 0 aliphatic carbocycles. The van der Waals surface area contributed by atoms with Gasteiger partial charge in [-0.2, -0.15) is 5.10 Å². The lowest BCUT2D eigenvalue weighted by Gasteiger charge is -2.23. The first-order valence-corrected chi connectivity index (χ1v) is 6.19. The molecule has 0 unspecified atom stereocenters. The first-order chi connectivity index (χ1) is 9.75. The summed E-state index contributed by atoms with van der Waals surface area (Å²) in [4.78, 5) is 5.93. The molecule has 6 heteroatoms. The minimum absolute atomic E-state index is 0.0115. The summed E-state index contributed by atoms with van der Waals surface area (Å²) in [6, 6.07) is 11.7. The Morgan fingerprint density at radius 2 is 2.05 bits per heavy atom. The number of nitrogens with zero attached hydrogens (tertiary/aromatic N) is 3. The molecule has 2 aromatic heterocycles. The highest BCUT2D eigenvalue weighted by atomic mass is 15.2. The van der Waals surface area contributed by atoms with Crippen LogP contribution >= 0.6 is 0 Å². The molecule has 1 aromatic carbocycles. The summed E-state index contributed by atoms with van der Waals surface area (Å²) in [6.45, 7) is 0.528.